The summed E-state index contributed by atoms with van der Waals surface area (Å²) in [7, 11) is -6.12. The highest BCUT2D eigenvalue weighted by Gasteiger charge is 2.28. The molecule has 0 aliphatic rings. The molecule has 0 unspecified atom stereocenters. The van der Waals surface area contributed by atoms with Crippen LogP contribution in [-0.2, 0) is 0 Å². The Kier molecular flexibility index (Phi) is 11.3. The summed E-state index contributed by atoms with van der Waals surface area (Å²) in [6.07, 6.45) is 0. The molecule has 0 fully saturated rings. The highest BCUT2D eigenvalue weighted by Crippen LogP contribution is 2.48. The van der Waals surface area contributed by atoms with Gasteiger partial charge in [-0.15, -0.1) is 0 Å². The lowest BCUT2D eigenvalue weighted by atomic mass is 9.92. The quantitative estimate of drug-likeness (QED) is 0.0954. The van der Waals surface area contributed by atoms with Crippen LogP contribution in [0.1, 0.15) is 0 Å². The molecule has 0 saturated heterocycles. The summed E-state index contributed by atoms with van der Waals surface area (Å²) < 4.78 is 5.18. The first-order chi connectivity index (χ1) is 35.3. The van der Waals surface area contributed by atoms with Gasteiger partial charge >= 0.3 is 0 Å². The van der Waals surface area contributed by atoms with Crippen LogP contribution in [0, 0.1) is 0 Å². The van der Waals surface area contributed by atoms with Crippen LogP contribution in [0.4, 0.5) is 0 Å². The summed E-state index contributed by atoms with van der Waals surface area (Å²) in [6.45, 7) is 29.3. The minimum absolute atomic E-state index is 1.20. The van der Waals surface area contributed by atoms with Crippen LogP contribution in [0.3, 0.4) is 0 Å². The second-order valence-corrected chi connectivity index (χ2v) is 45.4. The first kappa shape index (κ1) is 48.1. The first-order valence-corrected chi connectivity index (χ1v) is 40.7. The predicted molar refractivity (Wildman–Crippen MR) is 337 cm³/mol. The van der Waals surface area contributed by atoms with Gasteiger partial charge < -0.3 is 9.13 Å². The molecular weight excluding hydrogens is 957 g/mol. The third-order valence-electron chi connectivity index (χ3n) is 16.0. The number of para-hydroxylation sites is 2. The van der Waals surface area contributed by atoms with Crippen molar-refractivity contribution in [3.8, 4) is 56.1 Å². The molecule has 0 amide bonds. The summed E-state index contributed by atoms with van der Waals surface area (Å²) in [4.78, 5) is 0. The second-order valence-electron chi connectivity index (χ2n) is 25.1. The summed E-state index contributed by atoms with van der Waals surface area (Å²) in [6, 6.07) is 75.6. The van der Waals surface area contributed by atoms with Crippen molar-refractivity contribution in [1.82, 2.24) is 9.13 Å². The van der Waals surface area contributed by atoms with Gasteiger partial charge in [0.2, 0.25) is 0 Å². The predicted octanol–water partition coefficient (Wildman–Crippen LogP) is 17.3. The molecule has 2 nitrogen and oxygen atoms in total. The van der Waals surface area contributed by atoms with Gasteiger partial charge in [0.25, 0.3) is 0 Å². The van der Waals surface area contributed by atoms with Crippen molar-refractivity contribution >= 4 is 107 Å². The Balaban J connectivity index is 1.14. The molecule has 6 heteroatoms. The standard InChI is InChI=1S/C68H68N2Si4/c1-71(2,3)51-33-21-47(22-34-51)65-55-17-13-15-19-59(55)69(67(65)49-25-37-53(38-26-49)73(7,8)9)61-43-31-45-30-42-58-62(44-32-46-29-41-57(61)63(45)64(46)58)70-60-20-16-14-18-56(60)66(48-23-35-52(36-24-48)72(4,5)6)68(70)50-27-39-54(40-28-50)74(10,11)12/h13-44H,1-12H3. The van der Waals surface area contributed by atoms with Gasteiger partial charge in [-0.05, 0) is 68.1 Å². The van der Waals surface area contributed by atoms with E-state index in [1.165, 1.54) is 131 Å². The fraction of sp³-hybridized carbons (Fsp3) is 0.176. The molecule has 0 saturated carbocycles. The van der Waals surface area contributed by atoms with Crippen molar-refractivity contribution < 1.29 is 0 Å². The van der Waals surface area contributed by atoms with Gasteiger partial charge in [-0.25, -0.2) is 0 Å². The number of rotatable bonds is 10. The minimum atomic E-state index is -1.55. The van der Waals surface area contributed by atoms with Crippen LogP contribution in [-0.4, -0.2) is 41.4 Å². The Morgan fingerprint density at radius 3 is 0.851 bits per heavy atom. The molecule has 0 atom stereocenters. The lowest BCUT2D eigenvalue weighted by molar-refractivity contribution is 1.15. The maximum atomic E-state index is 2.59. The maximum absolute atomic E-state index is 2.59. The average molecular weight is 1030 g/mol. The molecule has 366 valence electrons. The Morgan fingerprint density at radius 2 is 0.541 bits per heavy atom. The lowest BCUT2D eigenvalue weighted by Crippen LogP contribution is -2.37. The lowest BCUT2D eigenvalue weighted by Gasteiger charge is -2.22. The van der Waals surface area contributed by atoms with Gasteiger partial charge in [-0.1, -0.05) is 269 Å². The van der Waals surface area contributed by atoms with E-state index >= 15 is 0 Å². The molecule has 0 spiro atoms. The fourth-order valence-corrected chi connectivity index (χ4v) is 16.5. The number of benzene rings is 10. The van der Waals surface area contributed by atoms with Gasteiger partial charge in [0.05, 0.1) is 66.1 Å². The van der Waals surface area contributed by atoms with Crippen molar-refractivity contribution in [3.63, 3.8) is 0 Å². The molecule has 74 heavy (non-hydrogen) atoms. The van der Waals surface area contributed by atoms with E-state index in [0.29, 0.717) is 0 Å². The molecule has 10 aromatic carbocycles. The zero-order chi connectivity index (χ0) is 51.6. The highest BCUT2D eigenvalue weighted by atomic mass is 28.3. The molecule has 12 rings (SSSR count). The van der Waals surface area contributed by atoms with Crippen LogP contribution < -0.4 is 20.7 Å². The van der Waals surface area contributed by atoms with Crippen molar-refractivity contribution in [2.75, 3.05) is 0 Å². The molecule has 0 aliphatic carbocycles. The van der Waals surface area contributed by atoms with Crippen molar-refractivity contribution in [2.45, 2.75) is 78.6 Å². The molecule has 2 aromatic heterocycles. The zero-order valence-electron chi connectivity index (χ0n) is 45.4. The topological polar surface area (TPSA) is 9.86 Å². The van der Waals surface area contributed by atoms with Gasteiger partial charge in [0.15, 0.2) is 0 Å². The van der Waals surface area contributed by atoms with Gasteiger partial charge in [-0.2, -0.15) is 0 Å². The Morgan fingerprint density at radius 1 is 0.257 bits per heavy atom. The number of nitrogens with zero attached hydrogens (tertiary/aromatic N) is 2. The van der Waals surface area contributed by atoms with Crippen LogP contribution >= 0.6 is 0 Å². The Bertz CT molecular complexity index is 3840. The smallest absolute Gasteiger partial charge is 0.0775 e. The molecule has 0 bridgehead atoms. The van der Waals surface area contributed by atoms with E-state index in [1.807, 2.05) is 0 Å². The SMILES string of the molecule is C[Si](C)(C)c1ccc(-c2c(-c3ccc([Si](C)(C)C)cc3)n(-c3ccc4ccc5c(-n6c(-c7ccc([Si](C)(C)C)cc7)c(-c7ccc([Si](C)(C)C)cc7)c7ccccc76)ccc6ccc3c4c65)c3ccccc23)cc1. The number of hydrogen-bond acceptors (Lipinski definition) is 0. The fourth-order valence-electron chi connectivity index (χ4n) is 11.8. The Labute approximate surface area is 442 Å². The van der Waals surface area contributed by atoms with E-state index in [1.54, 1.807) is 0 Å². The molecular formula is C68H68N2Si4. The van der Waals surface area contributed by atoms with Crippen molar-refractivity contribution in [3.05, 3.63) is 194 Å². The zero-order valence-corrected chi connectivity index (χ0v) is 49.4. The second kappa shape index (κ2) is 17.4. The summed E-state index contributed by atoms with van der Waals surface area (Å²) in [5.41, 5.74) is 14.8. The van der Waals surface area contributed by atoms with Crippen LogP contribution in [0.2, 0.25) is 78.6 Å². The summed E-state index contributed by atoms with van der Waals surface area (Å²) >= 11 is 0. The number of fused-ring (bicyclic) bond motifs is 2. The molecule has 0 aliphatic heterocycles. The average Bonchev–Trinajstić information content (AvgIpc) is 3.91. The third-order valence-corrected chi connectivity index (χ3v) is 24.2. The maximum Gasteiger partial charge on any atom is 0.0775 e. The van der Waals surface area contributed by atoms with Gasteiger partial charge in [0, 0.05) is 32.7 Å². The van der Waals surface area contributed by atoms with Crippen molar-refractivity contribution in [1.29, 1.82) is 0 Å². The largest absolute Gasteiger partial charge is 0.308 e. The van der Waals surface area contributed by atoms with E-state index < -0.39 is 32.3 Å². The third kappa shape index (κ3) is 8.00. The summed E-state index contributed by atoms with van der Waals surface area (Å²) in [5.74, 6) is 0. The highest BCUT2D eigenvalue weighted by molar-refractivity contribution is 6.90. The van der Waals surface area contributed by atoms with Gasteiger partial charge in [0.1, 0.15) is 0 Å². The Hall–Kier alpha value is -6.81. The van der Waals surface area contributed by atoms with Gasteiger partial charge in [-0.3, -0.25) is 0 Å². The molecule has 0 N–H and O–H groups in total. The molecule has 0 radical (unpaired) electrons. The number of hydrogen-bond donors (Lipinski definition) is 0. The van der Waals surface area contributed by atoms with E-state index in [9.17, 15) is 0 Å². The monoisotopic (exact) mass is 1020 g/mol. The van der Waals surface area contributed by atoms with E-state index in [4.69, 9.17) is 0 Å². The van der Waals surface area contributed by atoms with Crippen LogP contribution in [0.5, 0.6) is 0 Å². The van der Waals surface area contributed by atoms with Crippen LogP contribution in [0.25, 0.3) is 110 Å². The van der Waals surface area contributed by atoms with E-state index in [-0.39, 0.29) is 0 Å². The van der Waals surface area contributed by atoms with E-state index in [2.05, 4.69) is 282 Å². The molecule has 12 aromatic rings. The normalized spacial score (nSPS) is 12.9. The number of aromatic nitrogens is 2. The minimum Gasteiger partial charge on any atom is -0.308 e. The first-order valence-electron chi connectivity index (χ1n) is 26.7. The van der Waals surface area contributed by atoms with E-state index in [0.717, 1.165) is 0 Å². The molecule has 2 heterocycles. The summed E-state index contributed by atoms with van der Waals surface area (Å²) in [5, 5.41) is 16.0. The van der Waals surface area contributed by atoms with Crippen LogP contribution in [0.15, 0.2) is 194 Å². The van der Waals surface area contributed by atoms with Crippen molar-refractivity contribution in [2.24, 2.45) is 0 Å².